The van der Waals surface area contributed by atoms with Crippen molar-refractivity contribution < 1.29 is 17.9 Å². The molecule has 0 aliphatic carbocycles. The van der Waals surface area contributed by atoms with E-state index in [0.717, 1.165) is 10.8 Å². The highest BCUT2D eigenvalue weighted by Crippen LogP contribution is 2.33. The summed E-state index contributed by atoms with van der Waals surface area (Å²) in [7, 11) is -4.00. The lowest BCUT2D eigenvalue weighted by atomic mass is 9.97. The second kappa shape index (κ2) is 9.72. The third-order valence-electron chi connectivity index (χ3n) is 4.93. The smallest absolute Gasteiger partial charge is 0.335 e. The van der Waals surface area contributed by atoms with Crippen molar-refractivity contribution in [1.82, 2.24) is 4.31 Å². The normalized spacial score (nSPS) is 13.2. The Morgan fingerprint density at radius 2 is 1.80 bits per heavy atom. The fraction of sp³-hybridized carbons (Fsp3) is 0.348. The summed E-state index contributed by atoms with van der Waals surface area (Å²) in [6.07, 6.45) is 1.53. The minimum absolute atomic E-state index is 0.0229. The van der Waals surface area contributed by atoms with E-state index in [9.17, 15) is 13.2 Å². The second-order valence-electron chi connectivity index (χ2n) is 8.51. The van der Waals surface area contributed by atoms with Crippen LogP contribution in [0.5, 0.6) is 0 Å². The predicted molar refractivity (Wildman–Crippen MR) is 127 cm³/mol. The second-order valence-corrected chi connectivity index (χ2v) is 16.2. The third-order valence-corrected chi connectivity index (χ3v) is 8.84. The molecule has 0 aromatic heterocycles. The number of rotatable bonds is 10. The van der Waals surface area contributed by atoms with Crippen LogP contribution >= 0.6 is 0 Å². The number of carbonyl (C=O) groups is 1. The van der Waals surface area contributed by atoms with Gasteiger partial charge < -0.3 is 4.74 Å². The number of hydrogen-bond acceptors (Lipinski definition) is 4. The molecule has 0 bridgehead atoms. The minimum Gasteiger partial charge on any atom is -0.466 e. The Kier molecular flexibility index (Phi) is 7.79. The molecule has 0 N–H and O–H groups in total. The molecule has 1 atom stereocenters. The molecule has 0 heterocycles. The maximum absolute atomic E-state index is 13.4. The van der Waals surface area contributed by atoms with E-state index < -0.39 is 30.1 Å². The van der Waals surface area contributed by atoms with Crippen molar-refractivity contribution >= 4 is 34.8 Å². The number of benzene rings is 2. The van der Waals surface area contributed by atoms with Gasteiger partial charge in [-0.05, 0) is 28.4 Å². The molecule has 1 unspecified atom stereocenters. The number of methoxy groups -OCH3 is 1. The van der Waals surface area contributed by atoms with Gasteiger partial charge in [-0.2, -0.15) is 4.31 Å². The maximum atomic E-state index is 13.4. The largest absolute Gasteiger partial charge is 0.466 e. The summed E-state index contributed by atoms with van der Waals surface area (Å²) in [5, 5.41) is 1.98. The van der Waals surface area contributed by atoms with Crippen LogP contribution in [0.25, 0.3) is 10.8 Å². The first-order chi connectivity index (χ1) is 14.0. The standard InChI is InChI=1S/C23H31NO4SSi/c1-7-14-24(29(26,27)15-16-30(4,5)6)22(18(2)23(25)28-3)21-13-12-19-10-8-9-11-20(19)17-21/h7-13,17,22H,1-2,14-16H2,3-6H3. The first kappa shape index (κ1) is 24.1. The molecule has 5 nitrogen and oxygen atoms in total. The van der Waals surface area contributed by atoms with Crippen molar-refractivity contribution in [2.24, 2.45) is 0 Å². The number of carbonyl (C=O) groups excluding carboxylic acids is 1. The Hall–Kier alpha value is -2.22. The van der Waals surface area contributed by atoms with E-state index in [4.69, 9.17) is 4.74 Å². The molecule has 7 heteroatoms. The molecule has 30 heavy (non-hydrogen) atoms. The number of hydrogen-bond donors (Lipinski definition) is 0. The zero-order valence-corrected chi connectivity index (χ0v) is 20.0. The summed E-state index contributed by atoms with van der Waals surface area (Å²) in [4.78, 5) is 12.4. The van der Waals surface area contributed by atoms with Crippen molar-refractivity contribution in [2.45, 2.75) is 31.7 Å². The lowest BCUT2D eigenvalue weighted by Crippen LogP contribution is -2.40. The molecule has 0 spiro atoms. The van der Waals surface area contributed by atoms with Crippen LogP contribution in [0.1, 0.15) is 11.6 Å². The Morgan fingerprint density at radius 3 is 2.37 bits per heavy atom. The predicted octanol–water partition coefficient (Wildman–Crippen LogP) is 4.77. The molecule has 0 saturated heterocycles. The summed E-state index contributed by atoms with van der Waals surface area (Å²) in [5.41, 5.74) is 0.744. The maximum Gasteiger partial charge on any atom is 0.335 e. The molecular formula is C23H31NO4SSi. The van der Waals surface area contributed by atoms with Crippen LogP contribution in [0.3, 0.4) is 0 Å². The van der Waals surface area contributed by atoms with Crippen molar-refractivity contribution in [2.75, 3.05) is 19.4 Å². The molecule has 0 fully saturated rings. The highest BCUT2D eigenvalue weighted by molar-refractivity contribution is 7.89. The van der Waals surface area contributed by atoms with E-state index in [1.165, 1.54) is 17.5 Å². The van der Waals surface area contributed by atoms with Crippen LogP contribution in [0.4, 0.5) is 0 Å². The first-order valence-electron chi connectivity index (χ1n) is 9.86. The number of ether oxygens (including phenoxy) is 1. The van der Waals surface area contributed by atoms with Gasteiger partial charge in [0, 0.05) is 14.6 Å². The van der Waals surface area contributed by atoms with E-state index in [-0.39, 0.29) is 17.9 Å². The quantitative estimate of drug-likeness (QED) is 0.229. The highest BCUT2D eigenvalue weighted by atomic mass is 32.2. The molecule has 0 aliphatic rings. The monoisotopic (exact) mass is 445 g/mol. The van der Waals surface area contributed by atoms with Crippen molar-refractivity contribution in [3.63, 3.8) is 0 Å². The highest BCUT2D eigenvalue weighted by Gasteiger charge is 2.35. The minimum atomic E-state index is -3.68. The van der Waals surface area contributed by atoms with Gasteiger partial charge in [-0.1, -0.05) is 68.7 Å². The van der Waals surface area contributed by atoms with Crippen LogP contribution in [-0.2, 0) is 19.6 Å². The van der Waals surface area contributed by atoms with Crippen LogP contribution in [0, 0.1) is 0 Å². The van der Waals surface area contributed by atoms with E-state index in [0.29, 0.717) is 11.6 Å². The van der Waals surface area contributed by atoms with Crippen LogP contribution in [-0.4, -0.2) is 46.2 Å². The number of esters is 1. The van der Waals surface area contributed by atoms with Gasteiger partial charge in [0.15, 0.2) is 0 Å². The lowest BCUT2D eigenvalue weighted by Gasteiger charge is -2.32. The molecule has 0 amide bonds. The van der Waals surface area contributed by atoms with Crippen molar-refractivity contribution in [3.05, 3.63) is 72.8 Å². The Bertz CT molecular complexity index is 1040. The SMILES string of the molecule is C=CCN(C(C(=C)C(=O)OC)c1ccc2ccccc2c1)S(=O)(=O)CC[Si](C)(C)C. The van der Waals surface area contributed by atoms with Gasteiger partial charge in [0.2, 0.25) is 10.0 Å². The zero-order chi connectivity index (χ0) is 22.5. The van der Waals surface area contributed by atoms with Gasteiger partial charge in [0.1, 0.15) is 0 Å². The number of fused-ring (bicyclic) bond motifs is 1. The number of sulfonamides is 1. The first-order valence-corrected chi connectivity index (χ1v) is 15.2. The molecule has 0 aliphatic heterocycles. The molecule has 2 aromatic rings. The summed E-state index contributed by atoms with van der Waals surface area (Å²) >= 11 is 0. The molecule has 0 saturated carbocycles. The van der Waals surface area contributed by atoms with E-state index in [1.807, 2.05) is 42.5 Å². The Balaban J connectivity index is 2.60. The van der Waals surface area contributed by atoms with Crippen LogP contribution < -0.4 is 0 Å². The van der Waals surface area contributed by atoms with Crippen molar-refractivity contribution in [3.8, 4) is 0 Å². The molecule has 162 valence electrons. The summed E-state index contributed by atoms with van der Waals surface area (Å²) < 4.78 is 32.9. The van der Waals surface area contributed by atoms with Gasteiger partial charge in [-0.25, -0.2) is 13.2 Å². The molecule has 2 aromatic carbocycles. The zero-order valence-electron chi connectivity index (χ0n) is 18.2. The average Bonchev–Trinajstić information content (AvgIpc) is 2.70. The van der Waals surface area contributed by atoms with Crippen molar-refractivity contribution in [1.29, 1.82) is 0 Å². The Morgan fingerprint density at radius 1 is 1.17 bits per heavy atom. The van der Waals surface area contributed by atoms with Crippen LogP contribution in [0.2, 0.25) is 25.7 Å². The lowest BCUT2D eigenvalue weighted by molar-refractivity contribution is -0.136. The van der Waals surface area contributed by atoms with Gasteiger partial charge in [0.05, 0.1) is 24.5 Å². The summed E-state index contributed by atoms with van der Waals surface area (Å²) in [5.74, 6) is -0.614. The van der Waals surface area contributed by atoms with E-state index >= 15 is 0 Å². The average molecular weight is 446 g/mol. The van der Waals surface area contributed by atoms with E-state index in [1.54, 1.807) is 0 Å². The molecule has 0 radical (unpaired) electrons. The van der Waals surface area contributed by atoms with Gasteiger partial charge in [0.25, 0.3) is 0 Å². The van der Waals surface area contributed by atoms with Gasteiger partial charge in [-0.3, -0.25) is 0 Å². The summed E-state index contributed by atoms with van der Waals surface area (Å²) in [6.45, 7) is 14.1. The fourth-order valence-corrected chi connectivity index (χ4v) is 7.84. The Labute approximate surface area is 181 Å². The fourth-order valence-electron chi connectivity index (χ4n) is 3.22. The number of nitrogens with zero attached hydrogens (tertiary/aromatic N) is 1. The summed E-state index contributed by atoms with van der Waals surface area (Å²) in [6, 6.07) is 13.2. The molecule has 2 rings (SSSR count). The van der Waals surface area contributed by atoms with E-state index in [2.05, 4.69) is 32.8 Å². The van der Waals surface area contributed by atoms with Gasteiger partial charge >= 0.3 is 5.97 Å². The third kappa shape index (κ3) is 5.90. The topological polar surface area (TPSA) is 63.7 Å². The molecular weight excluding hydrogens is 414 g/mol. The van der Waals surface area contributed by atoms with Gasteiger partial charge in [-0.15, -0.1) is 6.58 Å². The van der Waals surface area contributed by atoms with Crippen LogP contribution in [0.15, 0.2) is 67.3 Å².